The monoisotopic (exact) mass is 276 g/mol. The van der Waals surface area contributed by atoms with Gasteiger partial charge in [0.2, 0.25) is 0 Å². The van der Waals surface area contributed by atoms with Crippen LogP contribution in [-0.2, 0) is 0 Å². The van der Waals surface area contributed by atoms with Gasteiger partial charge in [-0.2, -0.15) is 4.73 Å². The Labute approximate surface area is 113 Å². The average Bonchev–Trinajstić information content (AvgIpc) is 2.71. The fourth-order valence-corrected chi connectivity index (χ4v) is 3.07. The maximum atomic E-state index is 11.1. The molecule has 3 aromatic rings. The van der Waals surface area contributed by atoms with Crippen molar-refractivity contribution in [3.05, 3.63) is 52.5 Å². The maximum absolute atomic E-state index is 11.1. The number of fused-ring (bicyclic) bond motifs is 1. The van der Waals surface area contributed by atoms with Gasteiger partial charge in [-0.25, -0.2) is 4.98 Å². The fraction of sp³-hybridized carbons (Fsp3) is 0.0769. The van der Waals surface area contributed by atoms with Crippen LogP contribution in [0.4, 0.5) is 0 Å². The highest BCUT2D eigenvalue weighted by Crippen LogP contribution is 2.33. The Morgan fingerprint density at radius 2 is 2.17 bits per heavy atom. The minimum absolute atomic E-state index is 0.420. The molecule has 0 unspecified atom stereocenters. The normalized spacial score (nSPS) is 11.0. The molecular formula is C13H9ClN2OS. The number of hydrogen-bond donors (Lipinski definition) is 0. The van der Waals surface area contributed by atoms with Crippen LogP contribution in [0.2, 0.25) is 5.02 Å². The number of thiazole rings is 1. The molecule has 1 aromatic carbocycles. The number of halogens is 1. The maximum Gasteiger partial charge on any atom is 0.199 e. The highest BCUT2D eigenvalue weighted by molar-refractivity contribution is 7.21. The Balaban J connectivity index is 2.19. The first-order chi connectivity index (χ1) is 8.63. The first kappa shape index (κ1) is 11.4. The van der Waals surface area contributed by atoms with Gasteiger partial charge in [0, 0.05) is 11.6 Å². The van der Waals surface area contributed by atoms with Crippen molar-refractivity contribution < 1.29 is 4.73 Å². The second kappa shape index (κ2) is 4.23. The van der Waals surface area contributed by atoms with Gasteiger partial charge < -0.3 is 5.21 Å². The Kier molecular flexibility index (Phi) is 2.69. The summed E-state index contributed by atoms with van der Waals surface area (Å²) in [7, 11) is 0. The quantitative estimate of drug-likeness (QED) is 0.504. The summed E-state index contributed by atoms with van der Waals surface area (Å²) in [5.74, 6) is 0. The number of hydrogen-bond acceptors (Lipinski definition) is 3. The molecule has 90 valence electrons. The Morgan fingerprint density at radius 3 is 2.94 bits per heavy atom. The number of pyridine rings is 1. The minimum atomic E-state index is 0.420. The molecule has 0 aliphatic rings. The predicted molar refractivity (Wildman–Crippen MR) is 73.8 cm³/mol. The van der Waals surface area contributed by atoms with Gasteiger partial charge >= 0.3 is 0 Å². The van der Waals surface area contributed by atoms with Crippen LogP contribution in [0.5, 0.6) is 0 Å². The van der Waals surface area contributed by atoms with E-state index < -0.39 is 0 Å². The Morgan fingerprint density at radius 1 is 1.33 bits per heavy atom. The van der Waals surface area contributed by atoms with Crippen LogP contribution in [0.15, 0.2) is 36.7 Å². The molecule has 0 aliphatic carbocycles. The lowest BCUT2D eigenvalue weighted by Gasteiger charge is -1.99. The second-order valence-electron chi connectivity index (χ2n) is 4.06. The molecule has 5 heteroatoms. The molecule has 0 fully saturated rings. The van der Waals surface area contributed by atoms with E-state index in [0.717, 1.165) is 20.8 Å². The molecule has 0 amide bonds. The lowest BCUT2D eigenvalue weighted by Crippen LogP contribution is -2.23. The number of aryl methyl sites for hydroxylation is 1. The van der Waals surface area contributed by atoms with Crippen LogP contribution in [0.3, 0.4) is 0 Å². The van der Waals surface area contributed by atoms with Gasteiger partial charge in [0.25, 0.3) is 0 Å². The summed E-state index contributed by atoms with van der Waals surface area (Å²) < 4.78 is 1.80. The number of rotatable bonds is 1. The summed E-state index contributed by atoms with van der Waals surface area (Å²) in [5.41, 5.74) is 2.93. The average molecular weight is 277 g/mol. The molecule has 0 N–H and O–H groups in total. The van der Waals surface area contributed by atoms with Crippen molar-refractivity contribution in [1.29, 1.82) is 0 Å². The fourth-order valence-electron chi connectivity index (χ4n) is 1.78. The van der Waals surface area contributed by atoms with Gasteiger partial charge in [-0.1, -0.05) is 17.7 Å². The zero-order valence-corrected chi connectivity index (χ0v) is 11.1. The summed E-state index contributed by atoms with van der Waals surface area (Å²) in [6.07, 6.45) is 2.77. The van der Waals surface area contributed by atoms with Crippen molar-refractivity contribution >= 4 is 33.2 Å². The van der Waals surface area contributed by atoms with Crippen LogP contribution in [0.1, 0.15) is 5.56 Å². The third-order valence-corrected chi connectivity index (χ3v) is 4.03. The molecule has 0 aliphatic heterocycles. The molecule has 3 rings (SSSR count). The molecule has 0 saturated carbocycles. The van der Waals surface area contributed by atoms with Crippen molar-refractivity contribution in [3.8, 4) is 10.6 Å². The summed E-state index contributed by atoms with van der Waals surface area (Å²) in [5, 5.41) is 12.4. The van der Waals surface area contributed by atoms with E-state index in [2.05, 4.69) is 17.1 Å². The first-order valence-corrected chi connectivity index (χ1v) is 6.59. The zero-order valence-electron chi connectivity index (χ0n) is 9.55. The van der Waals surface area contributed by atoms with E-state index in [9.17, 15) is 5.21 Å². The molecule has 0 atom stereocenters. The second-order valence-corrected chi connectivity index (χ2v) is 5.49. The van der Waals surface area contributed by atoms with Crippen LogP contribution in [-0.4, -0.2) is 4.98 Å². The van der Waals surface area contributed by atoms with Gasteiger partial charge in [-0.15, -0.1) is 11.3 Å². The van der Waals surface area contributed by atoms with Gasteiger partial charge in [-0.05, 0) is 24.6 Å². The third-order valence-electron chi connectivity index (χ3n) is 2.66. The summed E-state index contributed by atoms with van der Waals surface area (Å²) >= 11 is 7.64. The van der Waals surface area contributed by atoms with Crippen molar-refractivity contribution in [1.82, 2.24) is 4.98 Å². The lowest BCUT2D eigenvalue weighted by molar-refractivity contribution is -0.605. The van der Waals surface area contributed by atoms with E-state index >= 15 is 0 Å². The van der Waals surface area contributed by atoms with Crippen molar-refractivity contribution in [3.63, 3.8) is 0 Å². The lowest BCUT2D eigenvalue weighted by atomic mass is 10.2. The van der Waals surface area contributed by atoms with E-state index in [-0.39, 0.29) is 0 Å². The van der Waals surface area contributed by atoms with Crippen LogP contribution in [0.25, 0.3) is 20.8 Å². The molecule has 0 saturated heterocycles. The Bertz CT molecular complexity index is 739. The van der Waals surface area contributed by atoms with E-state index in [1.807, 2.05) is 13.0 Å². The highest BCUT2D eigenvalue weighted by Gasteiger charge is 2.12. The third kappa shape index (κ3) is 1.94. The van der Waals surface area contributed by atoms with Gasteiger partial charge in [-0.3, -0.25) is 0 Å². The molecule has 0 radical (unpaired) electrons. The van der Waals surface area contributed by atoms with E-state index in [4.69, 9.17) is 11.6 Å². The molecule has 18 heavy (non-hydrogen) atoms. The summed E-state index contributed by atoms with van der Waals surface area (Å²) in [6.45, 7) is 2.04. The number of nitrogens with zero attached hydrogens (tertiary/aromatic N) is 2. The first-order valence-electron chi connectivity index (χ1n) is 5.39. The van der Waals surface area contributed by atoms with E-state index in [1.165, 1.54) is 18.0 Å². The summed E-state index contributed by atoms with van der Waals surface area (Å²) in [6, 6.07) is 7.85. The standard InChI is InChI=1S/C13H9ClN2OS/c1-8-2-3-12-11(6-8)15-13(18-12)9-4-5-16(17)7-10(9)14/h2-7H,1H3. The summed E-state index contributed by atoms with van der Waals surface area (Å²) in [4.78, 5) is 4.56. The smallest absolute Gasteiger partial charge is 0.199 e. The van der Waals surface area contributed by atoms with E-state index in [1.54, 1.807) is 17.4 Å². The van der Waals surface area contributed by atoms with Gasteiger partial charge in [0.05, 0.1) is 10.2 Å². The number of aromatic nitrogens is 2. The molecule has 3 nitrogen and oxygen atoms in total. The van der Waals surface area contributed by atoms with Crippen molar-refractivity contribution in [2.24, 2.45) is 0 Å². The van der Waals surface area contributed by atoms with E-state index in [0.29, 0.717) is 9.75 Å². The number of benzene rings is 1. The molecule has 2 heterocycles. The molecule has 0 spiro atoms. The topological polar surface area (TPSA) is 39.8 Å². The van der Waals surface area contributed by atoms with Crippen LogP contribution < -0.4 is 4.73 Å². The van der Waals surface area contributed by atoms with Crippen LogP contribution in [0, 0.1) is 12.1 Å². The molecule has 2 aromatic heterocycles. The zero-order chi connectivity index (χ0) is 12.7. The Hall–Kier alpha value is -1.65. The predicted octanol–water partition coefficient (Wildman–Crippen LogP) is 3.56. The van der Waals surface area contributed by atoms with Crippen molar-refractivity contribution in [2.45, 2.75) is 6.92 Å². The van der Waals surface area contributed by atoms with Gasteiger partial charge in [0.1, 0.15) is 10.0 Å². The molecule has 0 bridgehead atoms. The largest absolute Gasteiger partial charge is 0.619 e. The SMILES string of the molecule is Cc1ccc2sc(-c3cc[n+]([O-])cc3Cl)nc2c1. The van der Waals surface area contributed by atoms with Crippen LogP contribution >= 0.6 is 22.9 Å². The van der Waals surface area contributed by atoms with Gasteiger partial charge in [0.15, 0.2) is 12.4 Å². The minimum Gasteiger partial charge on any atom is -0.619 e. The highest BCUT2D eigenvalue weighted by atomic mass is 35.5. The van der Waals surface area contributed by atoms with Crippen molar-refractivity contribution in [2.75, 3.05) is 0 Å². The molecular weight excluding hydrogens is 268 g/mol.